The molecule has 0 saturated carbocycles. The number of phenolic OH excluding ortho intramolecular Hbond substituents is 1. The van der Waals surface area contributed by atoms with Gasteiger partial charge >= 0.3 is 0 Å². The van der Waals surface area contributed by atoms with E-state index in [9.17, 15) is 5.11 Å². The molecule has 0 radical (unpaired) electrons. The Morgan fingerprint density at radius 1 is 1.06 bits per heavy atom. The standard InChI is InChI=1S/C15H22O2/c1-9-11(5-6-16)10(2)14(17)13-8-15(3,4)7-12(9)13/h16-17H,5-8H2,1-4H3. The second-order valence-electron chi connectivity index (χ2n) is 6.03. The molecule has 0 fully saturated rings. The predicted molar refractivity (Wildman–Crippen MR) is 69.6 cm³/mol. The number of hydrogen-bond acceptors (Lipinski definition) is 2. The molecule has 0 aliphatic heterocycles. The first-order valence-corrected chi connectivity index (χ1v) is 6.31. The third-order valence-corrected chi connectivity index (χ3v) is 4.04. The minimum absolute atomic E-state index is 0.142. The van der Waals surface area contributed by atoms with E-state index in [-0.39, 0.29) is 12.0 Å². The van der Waals surface area contributed by atoms with Gasteiger partial charge in [-0.15, -0.1) is 0 Å². The monoisotopic (exact) mass is 234 g/mol. The molecule has 0 unspecified atom stereocenters. The zero-order valence-electron chi connectivity index (χ0n) is 11.2. The van der Waals surface area contributed by atoms with Crippen LogP contribution in [0.4, 0.5) is 0 Å². The van der Waals surface area contributed by atoms with E-state index in [1.54, 1.807) is 0 Å². The van der Waals surface area contributed by atoms with Gasteiger partial charge in [0.05, 0.1) is 0 Å². The van der Waals surface area contributed by atoms with Crippen molar-refractivity contribution in [1.82, 2.24) is 0 Å². The first kappa shape index (κ1) is 12.4. The summed E-state index contributed by atoms with van der Waals surface area (Å²) < 4.78 is 0. The van der Waals surface area contributed by atoms with E-state index in [2.05, 4.69) is 20.8 Å². The molecule has 2 rings (SSSR count). The van der Waals surface area contributed by atoms with Gasteiger partial charge in [0.1, 0.15) is 5.75 Å². The second-order valence-corrected chi connectivity index (χ2v) is 6.03. The van der Waals surface area contributed by atoms with Crippen molar-refractivity contribution in [2.24, 2.45) is 5.41 Å². The first-order valence-electron chi connectivity index (χ1n) is 6.31. The molecule has 1 aliphatic carbocycles. The Kier molecular flexibility index (Phi) is 2.94. The Morgan fingerprint density at radius 2 is 1.65 bits per heavy atom. The van der Waals surface area contributed by atoms with E-state index >= 15 is 0 Å². The van der Waals surface area contributed by atoms with Crippen molar-refractivity contribution in [1.29, 1.82) is 0 Å². The van der Waals surface area contributed by atoms with Crippen LogP contribution in [0.2, 0.25) is 0 Å². The summed E-state index contributed by atoms with van der Waals surface area (Å²) in [7, 11) is 0. The summed E-state index contributed by atoms with van der Waals surface area (Å²) in [6, 6.07) is 0. The maximum Gasteiger partial charge on any atom is 0.122 e. The van der Waals surface area contributed by atoms with E-state index in [1.807, 2.05) is 6.92 Å². The van der Waals surface area contributed by atoms with Gasteiger partial charge < -0.3 is 10.2 Å². The summed E-state index contributed by atoms with van der Waals surface area (Å²) in [5.41, 5.74) is 6.03. The summed E-state index contributed by atoms with van der Waals surface area (Å²) in [6.07, 6.45) is 2.62. The van der Waals surface area contributed by atoms with Crippen LogP contribution in [-0.4, -0.2) is 16.8 Å². The van der Waals surface area contributed by atoms with Crippen LogP contribution in [0.1, 0.15) is 41.7 Å². The van der Waals surface area contributed by atoms with Gasteiger partial charge in [-0.3, -0.25) is 0 Å². The number of hydrogen-bond donors (Lipinski definition) is 2. The van der Waals surface area contributed by atoms with Crippen molar-refractivity contribution in [2.75, 3.05) is 6.61 Å². The number of aliphatic hydroxyl groups is 1. The zero-order valence-corrected chi connectivity index (χ0v) is 11.2. The van der Waals surface area contributed by atoms with E-state index in [0.717, 1.165) is 29.5 Å². The summed E-state index contributed by atoms with van der Waals surface area (Å²) in [6.45, 7) is 8.71. The number of rotatable bonds is 2. The van der Waals surface area contributed by atoms with Crippen LogP contribution < -0.4 is 0 Å². The predicted octanol–water partition coefficient (Wildman–Crippen LogP) is 2.67. The van der Waals surface area contributed by atoms with Crippen LogP contribution in [0.25, 0.3) is 0 Å². The Morgan fingerprint density at radius 3 is 2.24 bits per heavy atom. The van der Waals surface area contributed by atoms with Crippen LogP contribution in [-0.2, 0) is 19.3 Å². The summed E-state index contributed by atoms with van der Waals surface area (Å²) in [4.78, 5) is 0. The Balaban J connectivity index is 2.61. The number of fused-ring (bicyclic) bond motifs is 1. The summed E-state index contributed by atoms with van der Waals surface area (Å²) in [5, 5.41) is 19.4. The van der Waals surface area contributed by atoms with Crippen molar-refractivity contribution in [3.8, 4) is 5.75 Å². The molecule has 0 amide bonds. The average Bonchev–Trinajstić information content (AvgIpc) is 2.58. The zero-order chi connectivity index (χ0) is 12.8. The molecule has 2 heteroatoms. The molecule has 0 heterocycles. The van der Waals surface area contributed by atoms with Crippen LogP contribution in [0, 0.1) is 19.3 Å². The number of benzene rings is 1. The number of aliphatic hydroxyl groups excluding tert-OH is 1. The SMILES string of the molecule is Cc1c(O)c2c(c(C)c1CCO)CC(C)(C)C2. The van der Waals surface area contributed by atoms with Gasteiger partial charge in [0.2, 0.25) is 0 Å². The molecule has 2 N–H and O–H groups in total. The fourth-order valence-corrected chi connectivity index (χ4v) is 3.14. The van der Waals surface area contributed by atoms with Crippen molar-refractivity contribution >= 4 is 0 Å². The molecule has 0 aromatic heterocycles. The highest BCUT2D eigenvalue weighted by atomic mass is 16.3. The smallest absolute Gasteiger partial charge is 0.122 e. The van der Waals surface area contributed by atoms with Gasteiger partial charge in [0.15, 0.2) is 0 Å². The van der Waals surface area contributed by atoms with Gasteiger partial charge in [-0.25, -0.2) is 0 Å². The van der Waals surface area contributed by atoms with Crippen LogP contribution in [0.5, 0.6) is 5.75 Å². The first-order chi connectivity index (χ1) is 7.87. The minimum atomic E-state index is 0.142. The molecule has 1 aromatic carbocycles. The van der Waals surface area contributed by atoms with Crippen LogP contribution in [0.15, 0.2) is 0 Å². The summed E-state index contributed by atoms with van der Waals surface area (Å²) >= 11 is 0. The van der Waals surface area contributed by atoms with Gasteiger partial charge in [-0.1, -0.05) is 13.8 Å². The molecule has 0 atom stereocenters. The van der Waals surface area contributed by atoms with Crippen LogP contribution >= 0.6 is 0 Å². The Hall–Kier alpha value is -1.02. The van der Waals surface area contributed by atoms with Gasteiger partial charge in [0, 0.05) is 6.61 Å². The molecule has 0 saturated heterocycles. The number of aromatic hydroxyl groups is 1. The van der Waals surface area contributed by atoms with Gasteiger partial charge in [0.25, 0.3) is 0 Å². The topological polar surface area (TPSA) is 40.5 Å². The normalized spacial score (nSPS) is 17.2. The molecular weight excluding hydrogens is 212 g/mol. The van der Waals surface area contributed by atoms with Gasteiger partial charge in [-0.2, -0.15) is 0 Å². The molecule has 2 nitrogen and oxygen atoms in total. The van der Waals surface area contributed by atoms with Crippen molar-refractivity contribution < 1.29 is 10.2 Å². The quantitative estimate of drug-likeness (QED) is 0.826. The average molecular weight is 234 g/mol. The lowest BCUT2D eigenvalue weighted by Gasteiger charge is -2.16. The van der Waals surface area contributed by atoms with E-state index < -0.39 is 0 Å². The maximum atomic E-state index is 10.3. The molecule has 1 aliphatic rings. The third kappa shape index (κ3) is 1.95. The molecule has 17 heavy (non-hydrogen) atoms. The lowest BCUT2D eigenvalue weighted by atomic mass is 9.89. The lowest BCUT2D eigenvalue weighted by molar-refractivity contribution is 0.299. The fraction of sp³-hybridized carbons (Fsp3) is 0.600. The Labute approximate surface area is 103 Å². The third-order valence-electron chi connectivity index (χ3n) is 4.04. The number of phenols is 1. The van der Waals surface area contributed by atoms with E-state index in [0.29, 0.717) is 12.2 Å². The maximum absolute atomic E-state index is 10.3. The molecule has 1 aromatic rings. The fourth-order valence-electron chi connectivity index (χ4n) is 3.14. The Bertz CT molecular complexity index is 459. The van der Waals surface area contributed by atoms with Gasteiger partial charge in [-0.05, 0) is 66.3 Å². The highest BCUT2D eigenvalue weighted by Gasteiger charge is 2.33. The van der Waals surface area contributed by atoms with Crippen molar-refractivity contribution in [3.63, 3.8) is 0 Å². The highest BCUT2D eigenvalue weighted by molar-refractivity contribution is 5.57. The van der Waals surface area contributed by atoms with Crippen molar-refractivity contribution in [2.45, 2.75) is 47.0 Å². The molecule has 0 bridgehead atoms. The lowest BCUT2D eigenvalue weighted by Crippen LogP contribution is -2.09. The second kappa shape index (κ2) is 4.02. The van der Waals surface area contributed by atoms with E-state index in [1.165, 1.54) is 11.1 Å². The highest BCUT2D eigenvalue weighted by Crippen LogP contribution is 2.44. The van der Waals surface area contributed by atoms with Crippen molar-refractivity contribution in [3.05, 3.63) is 27.8 Å². The molecule has 94 valence electrons. The summed E-state index contributed by atoms with van der Waals surface area (Å²) in [5.74, 6) is 0.458. The largest absolute Gasteiger partial charge is 0.507 e. The molecular formula is C15H22O2. The van der Waals surface area contributed by atoms with E-state index in [4.69, 9.17) is 5.11 Å². The van der Waals surface area contributed by atoms with Crippen LogP contribution in [0.3, 0.4) is 0 Å². The molecule has 0 spiro atoms. The minimum Gasteiger partial charge on any atom is -0.507 e.